The largest absolute Gasteiger partial charge is 0.480 e. The van der Waals surface area contributed by atoms with Crippen LogP contribution < -0.4 is 5.32 Å². The number of hydrogen-bond acceptors (Lipinski definition) is 3. The van der Waals surface area contributed by atoms with Crippen molar-refractivity contribution in [1.29, 1.82) is 0 Å². The number of carboxylic acids is 1. The van der Waals surface area contributed by atoms with Crippen molar-refractivity contribution in [1.82, 2.24) is 4.90 Å². The van der Waals surface area contributed by atoms with Crippen LogP contribution in [0.2, 0.25) is 0 Å². The topological polar surface area (TPSA) is 86.7 Å². The van der Waals surface area contributed by atoms with Gasteiger partial charge in [-0.2, -0.15) is 0 Å². The first-order valence-electron chi connectivity index (χ1n) is 9.05. The lowest BCUT2D eigenvalue weighted by Crippen LogP contribution is -2.36. The number of rotatable bonds is 7. The molecule has 2 amide bonds. The van der Waals surface area contributed by atoms with Gasteiger partial charge in [0.15, 0.2) is 0 Å². The fourth-order valence-corrected chi connectivity index (χ4v) is 3.31. The average Bonchev–Trinajstić information content (AvgIpc) is 2.67. The van der Waals surface area contributed by atoms with E-state index in [2.05, 4.69) is 5.32 Å². The predicted octanol–water partition coefficient (Wildman–Crippen LogP) is 2.83. The Morgan fingerprint density at radius 3 is 2.57 bits per heavy atom. The molecule has 1 heterocycles. The molecule has 2 aromatic rings. The lowest BCUT2D eigenvalue weighted by Gasteiger charge is -2.26. The number of carbonyl (C=O) groups excluding carboxylic acids is 2. The van der Waals surface area contributed by atoms with E-state index in [0.717, 1.165) is 11.3 Å². The second-order valence-corrected chi connectivity index (χ2v) is 6.86. The standard InChI is InChI=1S/C21H21FN2O4/c22-17-8-5-14(6-9-17)12-24(13-20(26)27)19(25)10-7-16-11-15-3-1-2-4-18(15)23-21(16)28/h1-6,8-9,16H,7,10-13H2,(H,23,28)(H,26,27). The average molecular weight is 384 g/mol. The summed E-state index contributed by atoms with van der Waals surface area (Å²) in [4.78, 5) is 37.2. The maximum absolute atomic E-state index is 13.0. The molecular formula is C21H21FN2O4. The van der Waals surface area contributed by atoms with E-state index in [0.29, 0.717) is 18.4 Å². The van der Waals surface area contributed by atoms with Gasteiger partial charge < -0.3 is 15.3 Å². The van der Waals surface area contributed by atoms with Gasteiger partial charge in [0, 0.05) is 24.6 Å². The highest BCUT2D eigenvalue weighted by atomic mass is 19.1. The number of amides is 2. The van der Waals surface area contributed by atoms with E-state index in [1.54, 1.807) is 0 Å². The Morgan fingerprint density at radius 2 is 1.86 bits per heavy atom. The molecule has 146 valence electrons. The SMILES string of the molecule is O=C(O)CN(Cc1ccc(F)cc1)C(=O)CCC1Cc2ccccc2NC1=O. The molecule has 0 radical (unpaired) electrons. The number of para-hydroxylation sites is 1. The third-order valence-corrected chi connectivity index (χ3v) is 4.78. The number of halogens is 1. The molecule has 1 aliphatic rings. The summed E-state index contributed by atoms with van der Waals surface area (Å²) < 4.78 is 13.0. The summed E-state index contributed by atoms with van der Waals surface area (Å²) in [6, 6.07) is 13.1. The van der Waals surface area contributed by atoms with Crippen molar-refractivity contribution in [3.8, 4) is 0 Å². The quantitative estimate of drug-likeness (QED) is 0.769. The van der Waals surface area contributed by atoms with Crippen molar-refractivity contribution >= 4 is 23.5 Å². The van der Waals surface area contributed by atoms with Gasteiger partial charge in [-0.3, -0.25) is 14.4 Å². The van der Waals surface area contributed by atoms with Gasteiger partial charge >= 0.3 is 5.97 Å². The molecule has 0 spiro atoms. The Bertz CT molecular complexity index is 882. The summed E-state index contributed by atoms with van der Waals surface area (Å²) >= 11 is 0. The molecule has 0 saturated heterocycles. The predicted molar refractivity (Wildman–Crippen MR) is 101 cm³/mol. The summed E-state index contributed by atoms with van der Waals surface area (Å²) in [5, 5.41) is 12.0. The monoisotopic (exact) mass is 384 g/mol. The molecule has 0 bridgehead atoms. The van der Waals surface area contributed by atoms with Crippen LogP contribution >= 0.6 is 0 Å². The minimum Gasteiger partial charge on any atom is -0.480 e. The number of aliphatic carboxylic acids is 1. The van der Waals surface area contributed by atoms with Crippen LogP contribution in [0.1, 0.15) is 24.0 Å². The normalized spacial score (nSPS) is 15.5. The highest BCUT2D eigenvalue weighted by molar-refractivity contribution is 5.96. The third kappa shape index (κ3) is 4.94. The van der Waals surface area contributed by atoms with Gasteiger partial charge in [-0.05, 0) is 42.2 Å². The minimum absolute atomic E-state index is 0.0642. The summed E-state index contributed by atoms with van der Waals surface area (Å²) in [6.07, 6.45) is 0.944. The van der Waals surface area contributed by atoms with Crippen LogP contribution in [-0.4, -0.2) is 34.3 Å². The van der Waals surface area contributed by atoms with E-state index in [-0.39, 0.29) is 30.7 Å². The molecule has 1 atom stereocenters. The first kappa shape index (κ1) is 19.5. The van der Waals surface area contributed by atoms with Crippen molar-refractivity contribution < 1.29 is 23.9 Å². The first-order chi connectivity index (χ1) is 13.4. The highest BCUT2D eigenvalue weighted by Crippen LogP contribution is 2.27. The van der Waals surface area contributed by atoms with E-state index in [4.69, 9.17) is 5.11 Å². The third-order valence-electron chi connectivity index (χ3n) is 4.78. The van der Waals surface area contributed by atoms with Crippen LogP contribution in [-0.2, 0) is 27.3 Å². The van der Waals surface area contributed by atoms with Crippen LogP contribution in [0.3, 0.4) is 0 Å². The molecule has 1 aliphatic heterocycles. The van der Waals surface area contributed by atoms with Crippen molar-refractivity contribution in [3.63, 3.8) is 0 Å². The molecule has 2 N–H and O–H groups in total. The number of anilines is 1. The van der Waals surface area contributed by atoms with Gasteiger partial charge in [-0.25, -0.2) is 4.39 Å². The Hall–Kier alpha value is -3.22. The zero-order valence-electron chi connectivity index (χ0n) is 15.2. The van der Waals surface area contributed by atoms with Crippen LogP contribution in [0.15, 0.2) is 48.5 Å². The molecule has 0 aromatic heterocycles. The summed E-state index contributed by atoms with van der Waals surface area (Å²) in [7, 11) is 0. The number of carbonyl (C=O) groups is 3. The second-order valence-electron chi connectivity index (χ2n) is 6.86. The van der Waals surface area contributed by atoms with Crippen molar-refractivity contribution in [2.45, 2.75) is 25.8 Å². The number of benzene rings is 2. The molecule has 0 fully saturated rings. The van der Waals surface area contributed by atoms with Gasteiger partial charge in [-0.15, -0.1) is 0 Å². The maximum atomic E-state index is 13.0. The minimum atomic E-state index is -1.13. The molecule has 0 saturated carbocycles. The van der Waals surface area contributed by atoms with E-state index in [9.17, 15) is 18.8 Å². The number of nitrogens with zero attached hydrogens (tertiary/aromatic N) is 1. The lowest BCUT2D eigenvalue weighted by molar-refractivity contribution is -0.145. The van der Waals surface area contributed by atoms with Crippen molar-refractivity contribution in [2.24, 2.45) is 5.92 Å². The molecular weight excluding hydrogens is 363 g/mol. The second kappa shape index (κ2) is 8.65. The van der Waals surface area contributed by atoms with Crippen LogP contribution in [0, 0.1) is 11.7 Å². The van der Waals surface area contributed by atoms with Crippen LogP contribution in [0.5, 0.6) is 0 Å². The Labute approximate surface area is 162 Å². The Morgan fingerprint density at radius 1 is 1.14 bits per heavy atom. The lowest BCUT2D eigenvalue weighted by atomic mass is 9.89. The smallest absolute Gasteiger partial charge is 0.323 e. The van der Waals surface area contributed by atoms with Crippen LogP contribution in [0.25, 0.3) is 0 Å². The number of carboxylic acid groups (broad SMARTS) is 1. The van der Waals surface area contributed by atoms with E-state index < -0.39 is 18.3 Å². The van der Waals surface area contributed by atoms with E-state index >= 15 is 0 Å². The van der Waals surface area contributed by atoms with Crippen LogP contribution in [0.4, 0.5) is 10.1 Å². The Balaban J connectivity index is 1.62. The fourth-order valence-electron chi connectivity index (χ4n) is 3.31. The maximum Gasteiger partial charge on any atom is 0.323 e. The van der Waals surface area contributed by atoms with E-state index in [1.165, 1.54) is 29.2 Å². The van der Waals surface area contributed by atoms with Crippen molar-refractivity contribution in [2.75, 3.05) is 11.9 Å². The zero-order valence-corrected chi connectivity index (χ0v) is 15.2. The molecule has 7 heteroatoms. The molecule has 1 unspecified atom stereocenters. The van der Waals surface area contributed by atoms with Crippen molar-refractivity contribution in [3.05, 3.63) is 65.5 Å². The number of hydrogen-bond donors (Lipinski definition) is 2. The van der Waals surface area contributed by atoms with Gasteiger partial charge in [0.1, 0.15) is 12.4 Å². The number of fused-ring (bicyclic) bond motifs is 1. The Kier molecular flexibility index (Phi) is 6.03. The highest BCUT2D eigenvalue weighted by Gasteiger charge is 2.27. The summed E-state index contributed by atoms with van der Waals surface area (Å²) in [6.45, 7) is -0.374. The van der Waals surface area contributed by atoms with Gasteiger partial charge in [0.05, 0.1) is 0 Å². The summed E-state index contributed by atoms with van der Waals surface area (Å²) in [5.74, 6) is -2.34. The molecule has 3 rings (SSSR count). The van der Waals surface area contributed by atoms with Gasteiger partial charge in [-0.1, -0.05) is 30.3 Å². The van der Waals surface area contributed by atoms with Gasteiger partial charge in [0.25, 0.3) is 0 Å². The molecule has 2 aromatic carbocycles. The fraction of sp³-hybridized carbons (Fsp3) is 0.286. The summed E-state index contributed by atoms with van der Waals surface area (Å²) in [5.41, 5.74) is 2.45. The molecule has 6 nitrogen and oxygen atoms in total. The zero-order chi connectivity index (χ0) is 20.1. The van der Waals surface area contributed by atoms with E-state index in [1.807, 2.05) is 24.3 Å². The number of nitrogens with one attached hydrogen (secondary N) is 1. The molecule has 0 aliphatic carbocycles. The first-order valence-corrected chi connectivity index (χ1v) is 9.05. The molecule has 28 heavy (non-hydrogen) atoms. The van der Waals surface area contributed by atoms with Gasteiger partial charge in [0.2, 0.25) is 11.8 Å².